The average Bonchev–Trinajstić information content (AvgIpc) is 2.88. The molecule has 0 aliphatic carbocycles. The Morgan fingerprint density at radius 3 is 2.28 bits per heavy atom. The molecule has 2 aromatic carbocycles. The van der Waals surface area contributed by atoms with E-state index in [9.17, 15) is 13.6 Å². The normalized spacial score (nSPS) is 11.9. The zero-order valence-electron chi connectivity index (χ0n) is 20.5. The van der Waals surface area contributed by atoms with E-state index in [1.165, 1.54) is 0 Å². The molecule has 1 atom stereocenters. The summed E-state index contributed by atoms with van der Waals surface area (Å²) in [5.41, 5.74) is 3.70. The van der Waals surface area contributed by atoms with Gasteiger partial charge in [-0.3, -0.25) is 14.0 Å². The number of carbonyl (C=O) groups excluding carboxylic acids is 1. The first-order valence-corrected chi connectivity index (χ1v) is 12.8. The van der Waals surface area contributed by atoms with E-state index >= 15 is 0 Å². The number of nitrogens with zero attached hydrogens (tertiary/aromatic N) is 3. The van der Waals surface area contributed by atoms with E-state index in [-0.39, 0.29) is 12.6 Å². The topological polar surface area (TPSA) is 117 Å². The molecule has 0 fully saturated rings. The molecular formula is C26H31N4O5S-. The Morgan fingerprint density at radius 1 is 1.03 bits per heavy atom. The number of hydrogen-bond donors (Lipinski definition) is 1. The van der Waals surface area contributed by atoms with Crippen molar-refractivity contribution < 1.29 is 22.5 Å². The Bertz CT molecular complexity index is 1120. The number of hydrogen-bond acceptors (Lipinski definition) is 8. The molecule has 10 heteroatoms. The van der Waals surface area contributed by atoms with Gasteiger partial charge in [0.15, 0.2) is 0 Å². The summed E-state index contributed by atoms with van der Waals surface area (Å²) in [4.78, 5) is 23.7. The predicted octanol–water partition coefficient (Wildman–Crippen LogP) is 3.71. The minimum Gasteiger partial charge on any atom is -0.750 e. The Kier molecular flexibility index (Phi) is 11.0. The highest BCUT2D eigenvalue weighted by molar-refractivity contribution is 7.74. The molecule has 0 saturated heterocycles. The SMILES string of the molecule is CC(C)N(CCCCOCC(=O)NCOS(=O)[O-])c1cnc(-c2ccccc2)c(-c2ccccc2)n1. The fourth-order valence-corrected chi connectivity index (χ4v) is 3.78. The first-order chi connectivity index (χ1) is 17.5. The van der Waals surface area contributed by atoms with Crippen molar-refractivity contribution in [3.05, 3.63) is 66.9 Å². The number of anilines is 1. The molecule has 3 aromatic rings. The number of aromatic nitrogens is 2. The van der Waals surface area contributed by atoms with Gasteiger partial charge in [-0.25, -0.2) is 9.19 Å². The minimum atomic E-state index is -2.66. The lowest BCUT2D eigenvalue weighted by Crippen LogP contribution is -2.33. The first-order valence-electron chi connectivity index (χ1n) is 11.8. The number of unbranched alkanes of at least 4 members (excludes halogenated alkanes) is 1. The summed E-state index contributed by atoms with van der Waals surface area (Å²) in [5.74, 6) is 0.367. The van der Waals surface area contributed by atoms with Crippen LogP contribution in [0.4, 0.5) is 5.82 Å². The van der Waals surface area contributed by atoms with Gasteiger partial charge in [0.1, 0.15) is 19.2 Å². The number of amides is 1. The molecule has 1 N–H and O–H groups in total. The fraction of sp³-hybridized carbons (Fsp3) is 0.346. The lowest BCUT2D eigenvalue weighted by Gasteiger charge is -2.28. The van der Waals surface area contributed by atoms with Gasteiger partial charge in [0.2, 0.25) is 5.91 Å². The van der Waals surface area contributed by atoms with Crippen molar-refractivity contribution in [3.63, 3.8) is 0 Å². The highest BCUT2D eigenvalue weighted by atomic mass is 32.2. The van der Waals surface area contributed by atoms with E-state index in [2.05, 4.69) is 28.2 Å². The lowest BCUT2D eigenvalue weighted by atomic mass is 10.0. The van der Waals surface area contributed by atoms with Crippen LogP contribution in [-0.2, 0) is 25.1 Å². The van der Waals surface area contributed by atoms with Gasteiger partial charge in [-0.05, 0) is 26.7 Å². The van der Waals surface area contributed by atoms with Crippen molar-refractivity contribution in [3.8, 4) is 22.5 Å². The van der Waals surface area contributed by atoms with Gasteiger partial charge < -0.3 is 19.5 Å². The maximum atomic E-state index is 11.6. The van der Waals surface area contributed by atoms with Crippen LogP contribution in [0.1, 0.15) is 26.7 Å². The molecule has 0 bridgehead atoms. The van der Waals surface area contributed by atoms with Crippen LogP contribution >= 0.6 is 0 Å². The van der Waals surface area contributed by atoms with Crippen LogP contribution in [-0.4, -0.2) is 57.2 Å². The maximum Gasteiger partial charge on any atom is 0.247 e. The highest BCUT2D eigenvalue weighted by Crippen LogP contribution is 2.30. The van der Waals surface area contributed by atoms with Crippen molar-refractivity contribution in [1.29, 1.82) is 0 Å². The number of nitrogens with one attached hydrogen (secondary N) is 1. The van der Waals surface area contributed by atoms with Gasteiger partial charge in [-0.15, -0.1) is 0 Å². The van der Waals surface area contributed by atoms with Crippen LogP contribution in [0.25, 0.3) is 22.5 Å². The number of carbonyl (C=O) groups is 1. The molecule has 1 aromatic heterocycles. The van der Waals surface area contributed by atoms with Crippen molar-refractivity contribution in [1.82, 2.24) is 15.3 Å². The van der Waals surface area contributed by atoms with E-state index in [4.69, 9.17) is 14.7 Å². The number of benzene rings is 2. The molecule has 0 saturated carbocycles. The standard InChI is InChI=1S/C26H32N4O5S/c1-20(2)30(15-9-10-16-34-18-24(31)28-19-35-36(32)33)23-17-27-25(21-11-5-3-6-12-21)26(29-23)22-13-7-4-8-14-22/h3-8,11-14,17,20H,9-10,15-16,18-19H2,1-2H3,(H,28,31)(H,32,33)/p-1. The van der Waals surface area contributed by atoms with Crippen LogP contribution in [0.5, 0.6) is 0 Å². The smallest absolute Gasteiger partial charge is 0.247 e. The van der Waals surface area contributed by atoms with Crippen LogP contribution in [0, 0.1) is 0 Å². The molecule has 36 heavy (non-hydrogen) atoms. The molecule has 1 unspecified atom stereocenters. The van der Waals surface area contributed by atoms with Gasteiger partial charge >= 0.3 is 0 Å². The molecule has 192 valence electrons. The molecule has 3 rings (SSSR count). The second-order valence-corrected chi connectivity index (χ2v) is 8.91. The largest absolute Gasteiger partial charge is 0.750 e. The maximum absolute atomic E-state index is 11.6. The third-order valence-electron chi connectivity index (χ3n) is 5.37. The summed E-state index contributed by atoms with van der Waals surface area (Å²) in [7, 11) is 0. The molecule has 1 heterocycles. The monoisotopic (exact) mass is 511 g/mol. The van der Waals surface area contributed by atoms with E-state index in [1.54, 1.807) is 0 Å². The quantitative estimate of drug-likeness (QED) is 0.198. The summed E-state index contributed by atoms with van der Waals surface area (Å²) in [6.45, 7) is 4.83. The summed E-state index contributed by atoms with van der Waals surface area (Å²) >= 11 is -2.66. The first kappa shape index (κ1) is 27.4. The van der Waals surface area contributed by atoms with E-state index in [1.807, 2.05) is 66.9 Å². The molecule has 0 aliphatic heterocycles. The van der Waals surface area contributed by atoms with Crippen molar-refractivity contribution in [2.75, 3.05) is 31.4 Å². The summed E-state index contributed by atoms with van der Waals surface area (Å²) < 4.78 is 30.2. The van der Waals surface area contributed by atoms with Gasteiger partial charge in [0, 0.05) is 30.3 Å². The average molecular weight is 512 g/mol. The molecular weight excluding hydrogens is 480 g/mol. The third kappa shape index (κ3) is 8.49. The van der Waals surface area contributed by atoms with Crippen LogP contribution in [0.3, 0.4) is 0 Å². The molecule has 1 amide bonds. The summed E-state index contributed by atoms with van der Waals surface area (Å²) in [6.07, 6.45) is 3.41. The lowest BCUT2D eigenvalue weighted by molar-refractivity contribution is -0.126. The second-order valence-electron chi connectivity index (χ2n) is 8.27. The van der Waals surface area contributed by atoms with Gasteiger partial charge in [-0.2, -0.15) is 0 Å². The minimum absolute atomic E-state index is 0.157. The Hall–Kier alpha value is -3.18. The Balaban J connectivity index is 1.62. The zero-order chi connectivity index (χ0) is 25.8. The summed E-state index contributed by atoms with van der Waals surface area (Å²) in [6, 6.07) is 20.3. The molecule has 0 radical (unpaired) electrons. The third-order valence-corrected chi connectivity index (χ3v) is 5.68. The van der Waals surface area contributed by atoms with E-state index in [0.29, 0.717) is 6.61 Å². The predicted molar refractivity (Wildman–Crippen MR) is 138 cm³/mol. The van der Waals surface area contributed by atoms with Crippen molar-refractivity contribution in [2.24, 2.45) is 0 Å². The van der Waals surface area contributed by atoms with Gasteiger partial charge in [0.25, 0.3) is 0 Å². The fourth-order valence-electron chi connectivity index (χ4n) is 3.62. The van der Waals surface area contributed by atoms with Crippen LogP contribution in [0.2, 0.25) is 0 Å². The van der Waals surface area contributed by atoms with Gasteiger partial charge in [0.05, 0.1) is 28.9 Å². The van der Waals surface area contributed by atoms with Gasteiger partial charge in [-0.1, -0.05) is 60.7 Å². The molecule has 0 aliphatic rings. The van der Waals surface area contributed by atoms with Crippen molar-refractivity contribution in [2.45, 2.75) is 32.7 Å². The Labute approximate surface area is 214 Å². The number of rotatable bonds is 14. The Morgan fingerprint density at radius 2 is 1.67 bits per heavy atom. The zero-order valence-corrected chi connectivity index (χ0v) is 21.3. The second kappa shape index (κ2) is 14.4. The molecule has 0 spiro atoms. The summed E-state index contributed by atoms with van der Waals surface area (Å²) in [5, 5.41) is 2.29. The van der Waals surface area contributed by atoms with Crippen LogP contribution in [0.15, 0.2) is 66.9 Å². The highest BCUT2D eigenvalue weighted by Gasteiger charge is 2.17. The van der Waals surface area contributed by atoms with Crippen LogP contribution < -0.4 is 10.2 Å². The van der Waals surface area contributed by atoms with Crippen molar-refractivity contribution >= 4 is 23.1 Å². The van der Waals surface area contributed by atoms with E-state index in [0.717, 1.165) is 47.7 Å². The van der Waals surface area contributed by atoms with E-state index < -0.39 is 24.0 Å². The number of ether oxygens (including phenoxy) is 1. The molecule has 9 nitrogen and oxygen atoms in total.